The van der Waals surface area contributed by atoms with E-state index in [0.29, 0.717) is 5.56 Å². The first-order valence-electron chi connectivity index (χ1n) is 20.8. The minimum Gasteiger partial charge on any atom is -0.501 e. The van der Waals surface area contributed by atoms with Crippen molar-refractivity contribution in [2.24, 2.45) is 4.99 Å². The van der Waals surface area contributed by atoms with Gasteiger partial charge in [0.05, 0.1) is 11.3 Å². The molecule has 1 aliphatic rings. The number of hydrogen-bond acceptors (Lipinski definition) is 3. The first-order valence-corrected chi connectivity index (χ1v) is 26.6. The molecule has 3 heterocycles. The summed E-state index contributed by atoms with van der Waals surface area (Å²) in [7, 11) is 0. The molecule has 0 aliphatic carbocycles. The van der Waals surface area contributed by atoms with Gasteiger partial charge in [0.25, 0.3) is 0 Å². The molecule has 3 nitrogen and oxygen atoms in total. The van der Waals surface area contributed by atoms with Crippen LogP contribution in [0.4, 0.5) is 5.69 Å². The number of hydrogen-bond donors (Lipinski definition) is 0. The Morgan fingerprint density at radius 3 is 2.12 bits per heavy atom. The Hall–Kier alpha value is -5.65. The van der Waals surface area contributed by atoms with Crippen molar-refractivity contribution in [3.05, 3.63) is 210 Å². The van der Waals surface area contributed by atoms with Gasteiger partial charge in [-0.25, -0.2) is 0 Å². The van der Waals surface area contributed by atoms with Crippen molar-refractivity contribution in [2.75, 3.05) is 0 Å². The van der Waals surface area contributed by atoms with E-state index in [1.165, 1.54) is 43.8 Å². The Kier molecular flexibility index (Phi) is 10.2. The predicted molar refractivity (Wildman–Crippen MR) is 241 cm³/mol. The van der Waals surface area contributed by atoms with E-state index in [0.717, 1.165) is 50.2 Å². The molecule has 0 fully saturated rings. The van der Waals surface area contributed by atoms with Gasteiger partial charge in [0, 0.05) is 31.4 Å². The van der Waals surface area contributed by atoms with E-state index < -0.39 is 20.1 Å². The van der Waals surface area contributed by atoms with E-state index >= 15 is 0 Å². The Labute approximate surface area is 361 Å². The Bertz CT molecular complexity index is 2940. The van der Waals surface area contributed by atoms with Crippen LogP contribution in [-0.4, -0.2) is 24.0 Å². The number of nitrogens with zero attached hydrogens (tertiary/aromatic N) is 2. The van der Waals surface area contributed by atoms with Gasteiger partial charge in [-0.3, -0.25) is 4.99 Å². The normalized spacial score (nSPS) is 14.3. The standard InChI is InChI=1S/C38H24NO.C15H18GeN.Ir/c1-3-12-25(13-4-1)27-22-23-28(26-14-5-2-6-15-26)33(24-27)36-31-17-7-9-20-34(31)39-37(36)32-19-11-18-30-29-16-8-10-21-35(29)40-38(30)32;1-12-5-7-13(8-6-12)15-10-9-14(11-17-15)16(2,3)4;/h1-18,20-24,36H;5-7,9-11H,1-4H3;/q2*-1;/i;1D3;. The van der Waals surface area contributed by atoms with Gasteiger partial charge in [-0.1, -0.05) is 126 Å². The van der Waals surface area contributed by atoms with Crippen LogP contribution in [-0.2, 0) is 20.1 Å². The molecule has 58 heavy (non-hydrogen) atoms. The summed E-state index contributed by atoms with van der Waals surface area (Å²) in [4.78, 5) is 9.74. The first-order chi connectivity index (χ1) is 29.0. The molecule has 2 aromatic heterocycles. The monoisotopic (exact) mass is 992 g/mol. The van der Waals surface area contributed by atoms with E-state index in [2.05, 4.69) is 162 Å². The first kappa shape index (κ1) is 35.5. The van der Waals surface area contributed by atoms with Gasteiger partial charge in [-0.05, 0) is 51.2 Å². The number of aryl methyl sites for hydroxylation is 1. The summed E-state index contributed by atoms with van der Waals surface area (Å²) in [5, 5.41) is 2.19. The molecule has 0 N–H and O–H groups in total. The Balaban J connectivity index is 0.000000208. The molecule has 1 radical (unpaired) electrons. The van der Waals surface area contributed by atoms with E-state index in [1.54, 1.807) is 12.1 Å². The van der Waals surface area contributed by atoms with Crippen LogP contribution < -0.4 is 4.40 Å². The summed E-state index contributed by atoms with van der Waals surface area (Å²) >= 11 is -1.83. The van der Waals surface area contributed by atoms with Crippen LogP contribution in [0.2, 0.25) is 17.3 Å². The Morgan fingerprint density at radius 2 is 1.40 bits per heavy atom. The van der Waals surface area contributed by atoms with Crippen molar-refractivity contribution < 1.29 is 28.6 Å². The second-order valence-electron chi connectivity index (χ2n) is 15.4. The Morgan fingerprint density at radius 1 is 0.655 bits per heavy atom. The molecule has 0 saturated heterocycles. The summed E-state index contributed by atoms with van der Waals surface area (Å²) in [5.41, 5.74) is 13.7. The maximum Gasteiger partial charge on any atom is 0.120 e. The van der Waals surface area contributed by atoms with Crippen molar-refractivity contribution in [2.45, 2.75) is 30.0 Å². The molecule has 10 rings (SSSR count). The number of aliphatic imine (C=N–C) groups is 1. The minimum atomic E-state index is -2.08. The van der Waals surface area contributed by atoms with E-state index in [9.17, 15) is 0 Å². The maximum atomic E-state index is 7.35. The van der Waals surface area contributed by atoms with Crippen LogP contribution in [0.1, 0.15) is 32.3 Å². The number of rotatable bonds is 6. The summed E-state index contributed by atoms with van der Waals surface area (Å²) in [6.45, 7) is -2.08. The van der Waals surface area contributed by atoms with Crippen molar-refractivity contribution >= 4 is 51.0 Å². The fraction of sp³-hybridized carbons (Fsp3) is 0.0943. The number of para-hydroxylation sites is 2. The molecular weight excluding hydrogens is 945 g/mol. The number of aromatic nitrogens is 1. The number of fused-ring (bicyclic) bond motifs is 4. The van der Waals surface area contributed by atoms with Gasteiger partial charge in [0.15, 0.2) is 0 Å². The van der Waals surface area contributed by atoms with Gasteiger partial charge in [0.2, 0.25) is 0 Å². The third-order valence-corrected chi connectivity index (χ3v) is 14.9. The van der Waals surface area contributed by atoms with E-state index in [4.69, 9.17) is 13.5 Å². The topological polar surface area (TPSA) is 38.4 Å². The third-order valence-electron chi connectivity index (χ3n) is 10.6. The van der Waals surface area contributed by atoms with Crippen LogP contribution in [0.15, 0.2) is 185 Å². The second kappa shape index (κ2) is 16.7. The molecule has 7 aromatic carbocycles. The zero-order valence-corrected chi connectivity index (χ0v) is 36.9. The van der Waals surface area contributed by atoms with Gasteiger partial charge in [0.1, 0.15) is 5.58 Å². The largest absolute Gasteiger partial charge is 0.501 e. The van der Waals surface area contributed by atoms with Crippen molar-refractivity contribution in [3.8, 4) is 33.5 Å². The molecule has 1 unspecified atom stereocenters. The van der Waals surface area contributed by atoms with Gasteiger partial charge in [-0.2, -0.15) is 0 Å². The van der Waals surface area contributed by atoms with Gasteiger partial charge >= 0.3 is 110 Å². The summed E-state index contributed by atoms with van der Waals surface area (Å²) in [5.74, 6) is 6.90. The average Bonchev–Trinajstić information content (AvgIpc) is 3.86. The third kappa shape index (κ3) is 7.80. The number of furan rings is 1. The van der Waals surface area contributed by atoms with Crippen molar-refractivity contribution in [3.63, 3.8) is 0 Å². The molecule has 0 bridgehead atoms. The van der Waals surface area contributed by atoms with Crippen LogP contribution >= 0.6 is 0 Å². The zero-order chi connectivity index (χ0) is 41.4. The molecular formula is C53H42GeIrN2O-2. The molecule has 5 heteroatoms. The fourth-order valence-corrected chi connectivity index (χ4v) is 9.82. The summed E-state index contributed by atoms with van der Waals surface area (Å²) < 4.78 is 29.9. The SMILES string of the molecule is [2H]C([2H])([2H])c1c[c-]c(-c2cc[c]([Ge]([CH3])([CH3])[CH3])cn2)cc1.[Ir].[c-]1ccc2c(oc3ccccc32)c1C1=Nc2ccccc2C1c1cc(-c2ccccc2)ccc1-c1ccccc1. The van der Waals surface area contributed by atoms with Crippen LogP contribution in [0, 0.1) is 19.0 Å². The van der Waals surface area contributed by atoms with Crippen LogP contribution in [0.25, 0.3) is 55.4 Å². The van der Waals surface area contributed by atoms with Crippen LogP contribution in [0.5, 0.6) is 0 Å². The maximum absolute atomic E-state index is 7.35. The summed E-state index contributed by atoms with van der Waals surface area (Å²) in [6, 6.07) is 64.4. The van der Waals surface area contributed by atoms with Gasteiger partial charge < -0.3 is 4.42 Å². The smallest absolute Gasteiger partial charge is 0.120 e. The summed E-state index contributed by atoms with van der Waals surface area (Å²) in [6.07, 6.45) is 1.95. The zero-order valence-electron chi connectivity index (χ0n) is 35.5. The fourth-order valence-electron chi connectivity index (χ4n) is 7.64. The van der Waals surface area contributed by atoms with E-state index in [-0.39, 0.29) is 26.0 Å². The quantitative estimate of drug-likeness (QED) is 0.123. The second-order valence-corrected chi connectivity index (χ2v) is 26.0. The molecule has 1 atom stereocenters. The average molecular weight is 991 g/mol. The molecule has 0 saturated carbocycles. The van der Waals surface area contributed by atoms with Crippen LogP contribution in [0.3, 0.4) is 0 Å². The molecule has 285 valence electrons. The molecule has 1 aliphatic heterocycles. The molecule has 0 amide bonds. The predicted octanol–water partition coefficient (Wildman–Crippen LogP) is 13.4. The van der Waals surface area contributed by atoms with Crippen molar-refractivity contribution in [1.82, 2.24) is 4.98 Å². The van der Waals surface area contributed by atoms with Gasteiger partial charge in [-0.15, -0.1) is 18.2 Å². The number of benzene rings is 7. The minimum absolute atomic E-state index is 0. The number of pyridine rings is 1. The molecule has 0 spiro atoms. The molecule has 9 aromatic rings. The van der Waals surface area contributed by atoms with E-state index in [1.807, 2.05) is 30.5 Å². The van der Waals surface area contributed by atoms with Crippen molar-refractivity contribution in [1.29, 1.82) is 0 Å².